The monoisotopic (exact) mass is 319 g/mol. The van der Waals surface area contributed by atoms with Gasteiger partial charge in [0.15, 0.2) is 0 Å². The van der Waals surface area contributed by atoms with Gasteiger partial charge in [0.1, 0.15) is 11.6 Å². The first kappa shape index (κ1) is 18.7. The lowest BCUT2D eigenvalue weighted by atomic mass is 10.0. The molecule has 0 saturated heterocycles. The van der Waals surface area contributed by atoms with Crippen molar-refractivity contribution in [2.75, 3.05) is 7.11 Å². The van der Waals surface area contributed by atoms with Crippen molar-refractivity contribution in [1.29, 1.82) is 0 Å². The van der Waals surface area contributed by atoms with Gasteiger partial charge in [-0.2, -0.15) is 0 Å². The maximum absolute atomic E-state index is 11.9. The lowest BCUT2D eigenvalue weighted by molar-refractivity contribution is -0.143. The summed E-state index contributed by atoms with van der Waals surface area (Å²) in [6, 6.07) is 6.98. The number of rotatable bonds is 6. The highest BCUT2D eigenvalue weighted by atomic mass is 16.6. The zero-order valence-corrected chi connectivity index (χ0v) is 14.2. The molecule has 0 aliphatic rings. The van der Waals surface area contributed by atoms with E-state index in [1.807, 2.05) is 30.3 Å². The van der Waals surface area contributed by atoms with Gasteiger partial charge in [0.05, 0.1) is 7.11 Å². The van der Waals surface area contributed by atoms with Crippen LogP contribution in [0.2, 0.25) is 0 Å². The number of hydrogen-bond acceptors (Lipinski definition) is 4. The largest absolute Gasteiger partial charge is 0.467 e. The van der Waals surface area contributed by atoms with Crippen molar-refractivity contribution < 1.29 is 19.1 Å². The minimum atomic E-state index is -0.797. The smallest absolute Gasteiger partial charge is 0.408 e. The molecule has 1 aromatic carbocycles. The second kappa shape index (κ2) is 8.36. The van der Waals surface area contributed by atoms with E-state index in [2.05, 4.69) is 11.9 Å². The first-order valence-corrected chi connectivity index (χ1v) is 7.51. The predicted octanol–water partition coefficient (Wildman–Crippen LogP) is 3.02. The molecule has 23 heavy (non-hydrogen) atoms. The van der Waals surface area contributed by atoms with Gasteiger partial charge in [-0.25, -0.2) is 9.59 Å². The molecular formula is C18H25NO4. The Morgan fingerprint density at radius 3 is 2.52 bits per heavy atom. The molecule has 0 spiro atoms. The fourth-order valence-electron chi connectivity index (χ4n) is 2.07. The molecule has 126 valence electrons. The van der Waals surface area contributed by atoms with Gasteiger partial charge in [-0.05, 0) is 38.3 Å². The Hall–Kier alpha value is -2.30. The van der Waals surface area contributed by atoms with Crippen LogP contribution in [0.4, 0.5) is 4.79 Å². The highest BCUT2D eigenvalue weighted by Crippen LogP contribution is 2.11. The van der Waals surface area contributed by atoms with E-state index in [1.165, 1.54) is 7.11 Å². The van der Waals surface area contributed by atoms with Crippen LogP contribution in [0.5, 0.6) is 0 Å². The molecule has 0 radical (unpaired) electrons. The number of methoxy groups -OCH3 is 1. The number of allylic oxidation sites excluding steroid dienone is 1. The minimum absolute atomic E-state index is 0.330. The van der Waals surface area contributed by atoms with Gasteiger partial charge in [-0.15, -0.1) is 6.58 Å². The number of benzene rings is 1. The second-order valence-electron chi connectivity index (χ2n) is 6.24. The van der Waals surface area contributed by atoms with Gasteiger partial charge in [0.2, 0.25) is 0 Å². The van der Waals surface area contributed by atoms with Gasteiger partial charge in [-0.3, -0.25) is 0 Å². The second-order valence-corrected chi connectivity index (χ2v) is 6.24. The van der Waals surface area contributed by atoms with Crippen LogP contribution >= 0.6 is 0 Å². The summed E-state index contributed by atoms with van der Waals surface area (Å²) in [7, 11) is 1.29. The van der Waals surface area contributed by atoms with Crippen molar-refractivity contribution >= 4 is 12.1 Å². The molecule has 0 bridgehead atoms. The van der Waals surface area contributed by atoms with Crippen LogP contribution in [0.1, 0.15) is 31.9 Å². The molecule has 0 aliphatic heterocycles. The lowest BCUT2D eigenvalue weighted by Crippen LogP contribution is -2.45. The zero-order valence-electron chi connectivity index (χ0n) is 14.2. The molecule has 0 aromatic heterocycles. The Morgan fingerprint density at radius 1 is 1.30 bits per heavy atom. The van der Waals surface area contributed by atoms with Crippen molar-refractivity contribution in [1.82, 2.24) is 5.32 Å². The molecule has 1 N–H and O–H groups in total. The molecule has 1 amide bonds. The van der Waals surface area contributed by atoms with Crippen molar-refractivity contribution in [3.05, 3.63) is 48.0 Å². The third-order valence-corrected chi connectivity index (χ3v) is 2.99. The molecular weight excluding hydrogens is 294 g/mol. The quantitative estimate of drug-likeness (QED) is 0.646. The third kappa shape index (κ3) is 7.00. The number of carbonyl (C=O) groups excluding carboxylic acids is 2. The van der Waals surface area contributed by atoms with Gasteiger partial charge in [0.25, 0.3) is 0 Å². The highest BCUT2D eigenvalue weighted by molar-refractivity contribution is 5.81. The molecule has 0 heterocycles. The Morgan fingerprint density at radius 2 is 1.96 bits per heavy atom. The summed E-state index contributed by atoms with van der Waals surface area (Å²) in [6.45, 7) is 9.00. The minimum Gasteiger partial charge on any atom is -0.467 e. The number of ether oxygens (including phenoxy) is 2. The molecule has 0 saturated carbocycles. The van der Waals surface area contributed by atoms with Gasteiger partial charge < -0.3 is 14.8 Å². The Kier molecular flexibility index (Phi) is 6.82. The first-order valence-electron chi connectivity index (χ1n) is 7.51. The van der Waals surface area contributed by atoms with E-state index in [9.17, 15) is 9.59 Å². The van der Waals surface area contributed by atoms with Crippen LogP contribution in [-0.4, -0.2) is 30.8 Å². The summed E-state index contributed by atoms with van der Waals surface area (Å²) in [5.41, 5.74) is 1.39. The summed E-state index contributed by atoms with van der Waals surface area (Å²) >= 11 is 0. The lowest BCUT2D eigenvalue weighted by Gasteiger charge is -2.22. The highest BCUT2D eigenvalue weighted by Gasteiger charge is 2.25. The van der Waals surface area contributed by atoms with E-state index < -0.39 is 23.7 Å². The fourth-order valence-corrected chi connectivity index (χ4v) is 2.07. The Balaban J connectivity index is 2.82. The molecule has 5 heteroatoms. The van der Waals surface area contributed by atoms with Crippen LogP contribution in [0.3, 0.4) is 0 Å². The Labute approximate surface area is 137 Å². The third-order valence-electron chi connectivity index (χ3n) is 2.99. The molecule has 0 aliphatic carbocycles. The normalized spacial score (nSPS) is 12.2. The van der Waals surface area contributed by atoms with Crippen molar-refractivity contribution in [3.63, 3.8) is 0 Å². The number of esters is 1. The molecule has 1 atom stereocenters. The van der Waals surface area contributed by atoms with Gasteiger partial charge >= 0.3 is 12.1 Å². The van der Waals surface area contributed by atoms with E-state index in [4.69, 9.17) is 9.47 Å². The van der Waals surface area contributed by atoms with E-state index in [-0.39, 0.29) is 0 Å². The van der Waals surface area contributed by atoms with Crippen molar-refractivity contribution in [2.24, 2.45) is 0 Å². The average molecular weight is 319 g/mol. The number of carbonyl (C=O) groups is 2. The maximum Gasteiger partial charge on any atom is 0.408 e. The first-order chi connectivity index (χ1) is 10.7. The van der Waals surface area contributed by atoms with Crippen LogP contribution in [0.15, 0.2) is 36.9 Å². The maximum atomic E-state index is 11.9. The predicted molar refractivity (Wildman–Crippen MR) is 89.2 cm³/mol. The summed E-state index contributed by atoms with van der Waals surface area (Å²) in [5.74, 6) is -0.509. The molecule has 1 rings (SSSR count). The van der Waals surface area contributed by atoms with Gasteiger partial charge in [0, 0.05) is 6.42 Å². The summed E-state index contributed by atoms with van der Waals surface area (Å²) in [6.07, 6.45) is 2.25. The Bertz CT molecular complexity index is 560. The van der Waals surface area contributed by atoms with E-state index in [0.29, 0.717) is 6.42 Å². The molecule has 0 fully saturated rings. The van der Waals surface area contributed by atoms with E-state index in [0.717, 1.165) is 17.5 Å². The molecule has 0 unspecified atom stereocenters. The standard InChI is InChI=1S/C18H25NO4/c1-6-8-13-9-7-10-14(11-13)12-15(16(20)22-5)19-17(21)23-18(2,3)4/h6-7,9-11,15H,1,8,12H2,2-5H3,(H,19,21)/t15-/m0/s1. The van der Waals surface area contributed by atoms with Crippen LogP contribution < -0.4 is 5.32 Å². The van der Waals surface area contributed by atoms with E-state index >= 15 is 0 Å². The average Bonchev–Trinajstić information content (AvgIpc) is 2.44. The van der Waals surface area contributed by atoms with Crippen LogP contribution in [-0.2, 0) is 27.1 Å². The SMILES string of the molecule is C=CCc1cccc(C[C@H](NC(=O)OC(C)(C)C)C(=O)OC)c1. The summed E-state index contributed by atoms with van der Waals surface area (Å²) in [5, 5.41) is 2.57. The summed E-state index contributed by atoms with van der Waals surface area (Å²) < 4.78 is 9.96. The fraction of sp³-hybridized carbons (Fsp3) is 0.444. The topological polar surface area (TPSA) is 64.6 Å². The van der Waals surface area contributed by atoms with Crippen LogP contribution in [0, 0.1) is 0 Å². The zero-order chi connectivity index (χ0) is 17.5. The summed E-state index contributed by atoms with van der Waals surface area (Å²) in [4.78, 5) is 23.8. The molecule has 1 aromatic rings. The number of nitrogens with one attached hydrogen (secondary N) is 1. The van der Waals surface area contributed by atoms with Crippen LogP contribution in [0.25, 0.3) is 0 Å². The van der Waals surface area contributed by atoms with Crippen molar-refractivity contribution in [2.45, 2.75) is 45.3 Å². The number of alkyl carbamates (subject to hydrolysis) is 1. The number of amides is 1. The van der Waals surface area contributed by atoms with E-state index in [1.54, 1.807) is 20.8 Å². The number of hydrogen-bond donors (Lipinski definition) is 1. The van der Waals surface area contributed by atoms with Crippen molar-refractivity contribution in [3.8, 4) is 0 Å². The van der Waals surface area contributed by atoms with Gasteiger partial charge in [-0.1, -0.05) is 30.3 Å². The molecule has 5 nitrogen and oxygen atoms in total.